The zero-order valence-electron chi connectivity index (χ0n) is 10.6. The summed E-state index contributed by atoms with van der Waals surface area (Å²) in [7, 11) is 1.58. The highest BCUT2D eigenvalue weighted by atomic mass is 79.9. The molecule has 0 saturated heterocycles. The first-order chi connectivity index (χ1) is 8.41. The lowest BCUT2D eigenvalue weighted by Crippen LogP contribution is -2.46. The first-order valence-corrected chi connectivity index (χ1v) is 6.73. The molecule has 18 heavy (non-hydrogen) atoms. The predicted octanol–water partition coefficient (Wildman–Crippen LogP) is 3.56. The molecule has 0 fully saturated rings. The molecule has 3 nitrogen and oxygen atoms in total. The summed E-state index contributed by atoms with van der Waals surface area (Å²) < 4.78 is 20.2. The third kappa shape index (κ3) is 2.86. The fourth-order valence-electron chi connectivity index (χ4n) is 1.83. The number of methoxy groups -OCH3 is 1. The van der Waals surface area contributed by atoms with Crippen LogP contribution < -0.4 is 11.3 Å². The summed E-state index contributed by atoms with van der Waals surface area (Å²) in [6.07, 6.45) is 0.672. The molecule has 1 aromatic rings. The normalized spacial score (nSPS) is 16.4. The van der Waals surface area contributed by atoms with Gasteiger partial charge in [0.15, 0.2) is 0 Å². The molecule has 2 unspecified atom stereocenters. The summed E-state index contributed by atoms with van der Waals surface area (Å²) in [6, 6.07) is 2.85. The average molecular weight is 340 g/mol. The number of nitrogens with one attached hydrogen (secondary N) is 1. The Balaban J connectivity index is 3.30. The minimum absolute atomic E-state index is 0.0438. The van der Waals surface area contributed by atoms with E-state index in [9.17, 15) is 4.39 Å². The van der Waals surface area contributed by atoms with E-state index in [-0.39, 0.29) is 5.02 Å². The topological polar surface area (TPSA) is 47.3 Å². The SMILES string of the molecule is CCC(C)(OC)C(NN)c1ccc(Br)c(Cl)c1F. The lowest BCUT2D eigenvalue weighted by Gasteiger charge is -2.35. The Morgan fingerprint density at radius 3 is 2.67 bits per heavy atom. The quantitative estimate of drug-likeness (QED) is 0.490. The van der Waals surface area contributed by atoms with Gasteiger partial charge in [-0.3, -0.25) is 5.84 Å². The van der Waals surface area contributed by atoms with Crippen LogP contribution in [0.25, 0.3) is 0 Å². The third-order valence-corrected chi connectivity index (χ3v) is 4.58. The van der Waals surface area contributed by atoms with Crippen molar-refractivity contribution < 1.29 is 9.13 Å². The van der Waals surface area contributed by atoms with E-state index in [0.717, 1.165) is 0 Å². The summed E-state index contributed by atoms with van der Waals surface area (Å²) in [4.78, 5) is 0. The molecule has 0 saturated carbocycles. The van der Waals surface area contributed by atoms with Gasteiger partial charge in [-0.15, -0.1) is 0 Å². The first kappa shape index (κ1) is 15.9. The van der Waals surface area contributed by atoms with Crippen LogP contribution in [-0.4, -0.2) is 12.7 Å². The van der Waals surface area contributed by atoms with E-state index in [2.05, 4.69) is 21.4 Å². The number of hydrogen-bond donors (Lipinski definition) is 2. The van der Waals surface area contributed by atoms with Crippen LogP contribution in [0.2, 0.25) is 5.02 Å². The molecule has 1 rings (SSSR count). The first-order valence-electron chi connectivity index (χ1n) is 5.56. The Morgan fingerprint density at radius 1 is 1.61 bits per heavy atom. The van der Waals surface area contributed by atoms with Gasteiger partial charge in [0, 0.05) is 17.1 Å². The van der Waals surface area contributed by atoms with Gasteiger partial charge in [-0.25, -0.2) is 9.82 Å². The number of nitrogens with two attached hydrogens (primary N) is 1. The van der Waals surface area contributed by atoms with Gasteiger partial charge in [0.05, 0.1) is 16.7 Å². The molecule has 0 aliphatic heterocycles. The molecule has 102 valence electrons. The molecule has 0 heterocycles. The van der Waals surface area contributed by atoms with Crippen molar-refractivity contribution in [3.05, 3.63) is 33.0 Å². The van der Waals surface area contributed by atoms with Crippen LogP contribution in [0.3, 0.4) is 0 Å². The summed E-state index contributed by atoms with van der Waals surface area (Å²) in [5.74, 6) is 5.05. The standard InChI is InChI=1S/C12H17BrClFN2O/c1-4-12(2,18-3)11(17-16)7-5-6-8(13)9(14)10(7)15/h5-6,11,17H,4,16H2,1-3H3. The van der Waals surface area contributed by atoms with Gasteiger partial charge in [-0.2, -0.15) is 0 Å². The lowest BCUT2D eigenvalue weighted by atomic mass is 9.88. The smallest absolute Gasteiger partial charge is 0.147 e. The summed E-state index contributed by atoms with van der Waals surface area (Å²) >= 11 is 9.07. The van der Waals surface area contributed by atoms with E-state index in [1.54, 1.807) is 19.2 Å². The summed E-state index contributed by atoms with van der Waals surface area (Å²) in [6.45, 7) is 3.82. The number of hydrazine groups is 1. The third-order valence-electron chi connectivity index (χ3n) is 3.32. The Kier molecular flexibility index (Phi) is 5.55. The Hall–Kier alpha value is -0.200. The summed E-state index contributed by atoms with van der Waals surface area (Å²) in [5, 5.41) is 0.0438. The van der Waals surface area contributed by atoms with Gasteiger partial charge < -0.3 is 4.74 Å². The van der Waals surface area contributed by atoms with Crippen molar-refractivity contribution in [1.29, 1.82) is 0 Å². The van der Waals surface area contributed by atoms with Crippen molar-refractivity contribution >= 4 is 27.5 Å². The highest BCUT2D eigenvalue weighted by Gasteiger charge is 2.35. The summed E-state index contributed by atoms with van der Waals surface area (Å²) in [5.41, 5.74) is 2.38. The largest absolute Gasteiger partial charge is 0.376 e. The van der Waals surface area contributed by atoms with Gasteiger partial charge >= 0.3 is 0 Å². The number of hydrogen-bond acceptors (Lipinski definition) is 3. The van der Waals surface area contributed by atoms with E-state index >= 15 is 0 Å². The zero-order valence-corrected chi connectivity index (χ0v) is 12.9. The molecule has 0 spiro atoms. The van der Waals surface area contributed by atoms with E-state index in [0.29, 0.717) is 16.5 Å². The van der Waals surface area contributed by atoms with Crippen molar-refractivity contribution in [3.8, 4) is 0 Å². The minimum atomic E-state index is -0.618. The monoisotopic (exact) mass is 338 g/mol. The van der Waals surface area contributed by atoms with Crippen LogP contribution in [0.1, 0.15) is 31.9 Å². The van der Waals surface area contributed by atoms with Crippen LogP contribution in [0.5, 0.6) is 0 Å². The molecular weight excluding hydrogens is 322 g/mol. The zero-order chi connectivity index (χ0) is 13.9. The molecule has 0 radical (unpaired) electrons. The fourth-order valence-corrected chi connectivity index (χ4v) is 2.30. The second kappa shape index (κ2) is 6.30. The van der Waals surface area contributed by atoms with Crippen molar-refractivity contribution in [2.24, 2.45) is 5.84 Å². The molecule has 0 aromatic heterocycles. The molecule has 0 aliphatic carbocycles. The molecule has 3 N–H and O–H groups in total. The van der Waals surface area contributed by atoms with E-state index < -0.39 is 17.5 Å². The van der Waals surface area contributed by atoms with E-state index in [4.69, 9.17) is 22.2 Å². The van der Waals surface area contributed by atoms with Crippen LogP contribution in [0, 0.1) is 5.82 Å². The molecule has 0 bridgehead atoms. The van der Waals surface area contributed by atoms with Crippen molar-refractivity contribution in [2.45, 2.75) is 31.9 Å². The van der Waals surface area contributed by atoms with Gasteiger partial charge in [-0.05, 0) is 35.3 Å². The maximum atomic E-state index is 14.2. The maximum Gasteiger partial charge on any atom is 0.147 e. The predicted molar refractivity (Wildman–Crippen MR) is 74.9 cm³/mol. The van der Waals surface area contributed by atoms with Gasteiger partial charge in [0.2, 0.25) is 0 Å². The number of halogens is 3. The molecular formula is C12H17BrClFN2O. The van der Waals surface area contributed by atoms with Gasteiger partial charge in [0.25, 0.3) is 0 Å². The molecule has 0 aliphatic rings. The second-order valence-corrected chi connectivity index (χ2v) is 5.47. The van der Waals surface area contributed by atoms with Crippen LogP contribution >= 0.6 is 27.5 Å². The van der Waals surface area contributed by atoms with Gasteiger partial charge in [-0.1, -0.05) is 24.6 Å². The Bertz CT molecular complexity index is 427. The average Bonchev–Trinajstić information content (AvgIpc) is 2.39. The Morgan fingerprint density at radius 2 is 2.22 bits per heavy atom. The Labute approximate surface area is 120 Å². The minimum Gasteiger partial charge on any atom is -0.376 e. The van der Waals surface area contributed by atoms with Crippen LogP contribution in [0.15, 0.2) is 16.6 Å². The fraction of sp³-hybridized carbons (Fsp3) is 0.500. The maximum absolute atomic E-state index is 14.2. The van der Waals surface area contributed by atoms with Crippen molar-refractivity contribution in [3.63, 3.8) is 0 Å². The van der Waals surface area contributed by atoms with Crippen LogP contribution in [0.4, 0.5) is 4.39 Å². The molecule has 0 amide bonds. The van der Waals surface area contributed by atoms with E-state index in [1.807, 2.05) is 13.8 Å². The molecule has 6 heteroatoms. The number of ether oxygens (including phenoxy) is 1. The van der Waals surface area contributed by atoms with Gasteiger partial charge in [0.1, 0.15) is 5.82 Å². The second-order valence-electron chi connectivity index (χ2n) is 4.23. The number of benzene rings is 1. The molecule has 1 aromatic carbocycles. The van der Waals surface area contributed by atoms with E-state index in [1.165, 1.54) is 0 Å². The van der Waals surface area contributed by atoms with Crippen molar-refractivity contribution in [2.75, 3.05) is 7.11 Å². The van der Waals surface area contributed by atoms with Crippen molar-refractivity contribution in [1.82, 2.24) is 5.43 Å². The van der Waals surface area contributed by atoms with Crippen LogP contribution in [-0.2, 0) is 4.74 Å². The highest BCUT2D eigenvalue weighted by molar-refractivity contribution is 9.10. The number of rotatable bonds is 5. The molecule has 2 atom stereocenters. The lowest BCUT2D eigenvalue weighted by molar-refractivity contribution is -0.0309. The highest BCUT2D eigenvalue weighted by Crippen LogP contribution is 2.36.